The van der Waals surface area contributed by atoms with Crippen LogP contribution in [0.3, 0.4) is 0 Å². The summed E-state index contributed by atoms with van der Waals surface area (Å²) in [6.45, 7) is 1.72. The van der Waals surface area contributed by atoms with Crippen LogP contribution in [0.2, 0.25) is 0 Å². The highest BCUT2D eigenvalue weighted by molar-refractivity contribution is 7.60. The van der Waals surface area contributed by atoms with Gasteiger partial charge in [0, 0.05) is 17.8 Å². The topological polar surface area (TPSA) is 136 Å². The molecule has 0 heterocycles. The number of amides is 2. The SMILES string of the molecule is CC(=CCCNC(=O)Nc1ccc(P(=O)(O)O)cc1)C(=O)O. The second-order valence-electron chi connectivity index (χ2n) is 4.45. The molecule has 8 nitrogen and oxygen atoms in total. The van der Waals surface area contributed by atoms with E-state index < -0.39 is 19.6 Å². The molecular weight excluding hydrogens is 311 g/mol. The number of carbonyl (C=O) groups excluding carboxylic acids is 1. The van der Waals surface area contributed by atoms with Gasteiger partial charge in [0.2, 0.25) is 0 Å². The van der Waals surface area contributed by atoms with Crippen LogP contribution < -0.4 is 15.9 Å². The molecule has 5 N–H and O–H groups in total. The summed E-state index contributed by atoms with van der Waals surface area (Å²) in [6.07, 6.45) is 1.88. The van der Waals surface area contributed by atoms with E-state index in [0.717, 1.165) is 0 Å². The van der Waals surface area contributed by atoms with Crippen LogP contribution in [0.25, 0.3) is 0 Å². The van der Waals surface area contributed by atoms with Gasteiger partial charge < -0.3 is 25.5 Å². The van der Waals surface area contributed by atoms with Gasteiger partial charge in [-0.15, -0.1) is 0 Å². The molecule has 0 spiro atoms. The highest BCUT2D eigenvalue weighted by Gasteiger charge is 2.16. The van der Waals surface area contributed by atoms with Gasteiger partial charge in [0.15, 0.2) is 0 Å². The molecule has 0 bridgehead atoms. The van der Waals surface area contributed by atoms with Gasteiger partial charge in [0.05, 0.1) is 5.30 Å². The number of benzene rings is 1. The molecule has 0 aliphatic heterocycles. The average Bonchev–Trinajstić information content (AvgIpc) is 2.42. The molecular formula is C13H17N2O6P. The molecule has 120 valence electrons. The van der Waals surface area contributed by atoms with E-state index in [2.05, 4.69) is 10.6 Å². The lowest BCUT2D eigenvalue weighted by Crippen LogP contribution is -2.29. The van der Waals surface area contributed by atoms with Gasteiger partial charge in [0.25, 0.3) is 0 Å². The smallest absolute Gasteiger partial charge is 0.356 e. The Bertz CT molecular complexity index is 620. The summed E-state index contributed by atoms with van der Waals surface area (Å²) in [7, 11) is -4.29. The minimum atomic E-state index is -4.29. The molecule has 0 radical (unpaired) electrons. The van der Waals surface area contributed by atoms with Gasteiger partial charge in [-0.3, -0.25) is 4.57 Å². The average molecular weight is 328 g/mol. The molecule has 0 atom stereocenters. The van der Waals surface area contributed by atoms with E-state index in [9.17, 15) is 14.2 Å². The zero-order valence-electron chi connectivity index (χ0n) is 11.8. The summed E-state index contributed by atoms with van der Waals surface area (Å²) in [4.78, 5) is 40.0. The molecule has 0 saturated carbocycles. The van der Waals surface area contributed by atoms with Gasteiger partial charge in [0.1, 0.15) is 0 Å². The molecule has 1 aromatic rings. The highest BCUT2D eigenvalue weighted by atomic mass is 31.2. The summed E-state index contributed by atoms with van der Waals surface area (Å²) in [6, 6.07) is 4.72. The first kappa shape index (κ1) is 17.9. The Hall–Kier alpha value is -2.15. The Kier molecular flexibility index (Phi) is 6.30. The minimum Gasteiger partial charge on any atom is -0.478 e. The number of carboxylic acid groups (broad SMARTS) is 1. The van der Waals surface area contributed by atoms with Crippen LogP contribution in [0.15, 0.2) is 35.9 Å². The number of aliphatic carboxylic acids is 1. The van der Waals surface area contributed by atoms with Crippen molar-refractivity contribution in [1.82, 2.24) is 5.32 Å². The Balaban J connectivity index is 2.44. The fraction of sp³-hybridized carbons (Fsp3) is 0.231. The second-order valence-corrected chi connectivity index (χ2v) is 6.06. The number of rotatable bonds is 6. The third-order valence-electron chi connectivity index (χ3n) is 2.68. The maximum atomic E-state index is 11.6. The molecule has 1 aromatic carbocycles. The number of carboxylic acids is 1. The predicted molar refractivity (Wildman–Crippen MR) is 81.2 cm³/mol. The lowest BCUT2D eigenvalue weighted by molar-refractivity contribution is -0.132. The predicted octanol–water partition coefficient (Wildman–Crippen LogP) is 1.03. The fourth-order valence-corrected chi connectivity index (χ4v) is 2.01. The van der Waals surface area contributed by atoms with Gasteiger partial charge in [-0.2, -0.15) is 0 Å². The van der Waals surface area contributed by atoms with Gasteiger partial charge >= 0.3 is 19.6 Å². The number of anilines is 1. The van der Waals surface area contributed by atoms with E-state index >= 15 is 0 Å². The van der Waals surface area contributed by atoms with Crippen LogP contribution in [-0.4, -0.2) is 33.4 Å². The van der Waals surface area contributed by atoms with E-state index in [-0.39, 0.29) is 17.4 Å². The molecule has 9 heteroatoms. The van der Waals surface area contributed by atoms with Crippen molar-refractivity contribution in [3.63, 3.8) is 0 Å². The molecule has 0 unspecified atom stereocenters. The van der Waals surface area contributed by atoms with Crippen molar-refractivity contribution in [2.75, 3.05) is 11.9 Å². The quantitative estimate of drug-likeness (QED) is 0.301. The highest BCUT2D eigenvalue weighted by Crippen LogP contribution is 2.33. The van der Waals surface area contributed by atoms with E-state index in [1.807, 2.05) is 0 Å². The molecule has 1 rings (SSSR count). The van der Waals surface area contributed by atoms with Crippen molar-refractivity contribution in [1.29, 1.82) is 0 Å². The maximum absolute atomic E-state index is 11.6. The monoisotopic (exact) mass is 328 g/mol. The molecule has 22 heavy (non-hydrogen) atoms. The number of hydrogen-bond donors (Lipinski definition) is 5. The van der Waals surface area contributed by atoms with Gasteiger partial charge in [-0.1, -0.05) is 6.08 Å². The Morgan fingerprint density at radius 3 is 2.32 bits per heavy atom. The second kappa shape index (κ2) is 7.74. The largest absolute Gasteiger partial charge is 0.478 e. The van der Waals surface area contributed by atoms with E-state index in [1.165, 1.54) is 37.3 Å². The van der Waals surface area contributed by atoms with Crippen molar-refractivity contribution < 1.29 is 29.0 Å². The van der Waals surface area contributed by atoms with E-state index in [1.54, 1.807) is 0 Å². The van der Waals surface area contributed by atoms with Crippen molar-refractivity contribution in [3.8, 4) is 0 Å². The molecule has 0 aliphatic carbocycles. The summed E-state index contributed by atoms with van der Waals surface area (Å²) in [5.74, 6) is -1.01. The van der Waals surface area contributed by atoms with Crippen LogP contribution in [0.1, 0.15) is 13.3 Å². The van der Waals surface area contributed by atoms with E-state index in [0.29, 0.717) is 12.1 Å². The zero-order chi connectivity index (χ0) is 16.8. The van der Waals surface area contributed by atoms with Crippen LogP contribution >= 0.6 is 7.60 Å². The fourth-order valence-electron chi connectivity index (χ4n) is 1.48. The van der Waals surface area contributed by atoms with Crippen molar-refractivity contribution in [2.24, 2.45) is 0 Å². The Labute approximate surface area is 127 Å². The lowest BCUT2D eigenvalue weighted by atomic mass is 10.2. The summed E-state index contributed by atoms with van der Waals surface area (Å²) < 4.78 is 11.0. The van der Waals surface area contributed by atoms with Crippen LogP contribution in [-0.2, 0) is 9.36 Å². The standard InChI is InChI=1S/C13H17N2O6P/c1-9(12(16)17)3-2-8-14-13(18)15-10-4-6-11(7-5-10)22(19,20)21/h3-7H,2,8H2,1H3,(H,16,17)(H2,14,15,18)(H2,19,20,21). The molecule has 0 fully saturated rings. The first-order valence-corrected chi connectivity index (χ1v) is 7.92. The van der Waals surface area contributed by atoms with Crippen LogP contribution in [0, 0.1) is 0 Å². The lowest BCUT2D eigenvalue weighted by Gasteiger charge is -2.08. The van der Waals surface area contributed by atoms with Crippen molar-refractivity contribution in [3.05, 3.63) is 35.9 Å². The van der Waals surface area contributed by atoms with Crippen LogP contribution in [0.5, 0.6) is 0 Å². The number of nitrogens with one attached hydrogen (secondary N) is 2. The first-order valence-electron chi connectivity index (χ1n) is 6.31. The molecule has 0 aliphatic rings. The van der Waals surface area contributed by atoms with Crippen LogP contribution in [0.4, 0.5) is 10.5 Å². The normalized spacial score (nSPS) is 11.9. The third kappa shape index (κ3) is 6.09. The number of hydrogen-bond acceptors (Lipinski definition) is 3. The maximum Gasteiger partial charge on any atom is 0.356 e. The van der Waals surface area contributed by atoms with E-state index in [4.69, 9.17) is 14.9 Å². The third-order valence-corrected chi connectivity index (χ3v) is 3.65. The minimum absolute atomic E-state index is 0.132. The van der Waals surface area contributed by atoms with Crippen molar-refractivity contribution >= 4 is 30.6 Å². The van der Waals surface area contributed by atoms with Gasteiger partial charge in [-0.05, 0) is 37.6 Å². The Morgan fingerprint density at radius 1 is 1.23 bits per heavy atom. The molecule has 0 saturated heterocycles. The number of urea groups is 1. The summed E-state index contributed by atoms with van der Waals surface area (Å²) >= 11 is 0. The first-order chi connectivity index (χ1) is 10.2. The van der Waals surface area contributed by atoms with Crippen molar-refractivity contribution in [2.45, 2.75) is 13.3 Å². The summed E-state index contributed by atoms with van der Waals surface area (Å²) in [5.41, 5.74) is 0.585. The Morgan fingerprint density at radius 2 is 1.82 bits per heavy atom. The molecule has 2 amide bonds. The molecule has 0 aromatic heterocycles. The number of carbonyl (C=O) groups is 2. The zero-order valence-corrected chi connectivity index (χ0v) is 12.7. The summed E-state index contributed by atoms with van der Waals surface area (Å²) in [5, 5.41) is 13.5. The van der Waals surface area contributed by atoms with Gasteiger partial charge in [-0.25, -0.2) is 9.59 Å².